The van der Waals surface area contributed by atoms with Gasteiger partial charge in [0.1, 0.15) is 5.75 Å². The van der Waals surface area contributed by atoms with Crippen molar-refractivity contribution in [3.63, 3.8) is 0 Å². The van der Waals surface area contributed by atoms with Gasteiger partial charge >= 0.3 is 0 Å². The van der Waals surface area contributed by atoms with Gasteiger partial charge in [-0.3, -0.25) is 4.79 Å². The van der Waals surface area contributed by atoms with Crippen LogP contribution in [-0.2, 0) is 17.9 Å². The van der Waals surface area contributed by atoms with Gasteiger partial charge in [-0.2, -0.15) is 0 Å². The number of hydrogen-bond donors (Lipinski definition) is 2. The minimum Gasteiger partial charge on any atom is -0.484 e. The van der Waals surface area contributed by atoms with Gasteiger partial charge < -0.3 is 15.4 Å². The molecule has 4 nitrogen and oxygen atoms in total. The Hall–Kier alpha value is -2.47. The standard InChI is InChI=1S/C17H18F2N2O2/c1-20-17(22)11-23-14-5-2-12(3-6-14)9-21-10-13-4-7-15(18)16(19)8-13/h2-8,21H,9-11H2,1H3,(H,20,22). The van der Waals surface area contributed by atoms with E-state index in [9.17, 15) is 13.6 Å². The van der Waals surface area contributed by atoms with Crippen molar-refractivity contribution in [1.82, 2.24) is 10.6 Å². The zero-order chi connectivity index (χ0) is 16.7. The van der Waals surface area contributed by atoms with Crippen LogP contribution in [0.5, 0.6) is 5.75 Å². The SMILES string of the molecule is CNC(=O)COc1ccc(CNCc2ccc(F)c(F)c2)cc1. The highest BCUT2D eigenvalue weighted by Gasteiger charge is 2.03. The Labute approximate surface area is 133 Å². The van der Waals surface area contributed by atoms with Gasteiger partial charge in [-0.15, -0.1) is 0 Å². The van der Waals surface area contributed by atoms with E-state index in [1.54, 1.807) is 25.2 Å². The molecule has 0 saturated heterocycles. The van der Waals surface area contributed by atoms with Crippen molar-refractivity contribution in [2.45, 2.75) is 13.1 Å². The summed E-state index contributed by atoms with van der Waals surface area (Å²) in [7, 11) is 1.55. The first-order valence-electron chi connectivity index (χ1n) is 7.15. The van der Waals surface area contributed by atoms with Crippen molar-refractivity contribution < 1.29 is 18.3 Å². The van der Waals surface area contributed by atoms with E-state index in [4.69, 9.17) is 4.74 Å². The molecule has 0 fully saturated rings. The van der Waals surface area contributed by atoms with Crippen LogP contribution in [0.2, 0.25) is 0 Å². The molecular formula is C17H18F2N2O2. The third-order valence-corrected chi connectivity index (χ3v) is 3.21. The highest BCUT2D eigenvalue weighted by molar-refractivity contribution is 5.77. The second-order valence-electron chi connectivity index (χ2n) is 4.96. The first kappa shape index (κ1) is 16.9. The van der Waals surface area contributed by atoms with Crippen molar-refractivity contribution in [1.29, 1.82) is 0 Å². The number of rotatable bonds is 7. The van der Waals surface area contributed by atoms with E-state index in [2.05, 4.69) is 10.6 Å². The van der Waals surface area contributed by atoms with Crippen LogP contribution in [0.1, 0.15) is 11.1 Å². The monoisotopic (exact) mass is 320 g/mol. The van der Waals surface area contributed by atoms with Crippen LogP contribution in [0.25, 0.3) is 0 Å². The fourth-order valence-corrected chi connectivity index (χ4v) is 1.93. The van der Waals surface area contributed by atoms with Crippen LogP contribution >= 0.6 is 0 Å². The molecule has 0 saturated carbocycles. The maximum atomic E-state index is 13.1. The first-order valence-corrected chi connectivity index (χ1v) is 7.15. The van der Waals surface area contributed by atoms with E-state index >= 15 is 0 Å². The zero-order valence-electron chi connectivity index (χ0n) is 12.7. The predicted molar refractivity (Wildman–Crippen MR) is 82.9 cm³/mol. The number of ether oxygens (including phenoxy) is 1. The molecule has 0 heterocycles. The Bertz CT molecular complexity index is 660. The van der Waals surface area contributed by atoms with E-state index in [-0.39, 0.29) is 12.5 Å². The molecule has 2 N–H and O–H groups in total. The van der Waals surface area contributed by atoms with Crippen molar-refractivity contribution in [3.8, 4) is 5.75 Å². The highest BCUT2D eigenvalue weighted by Crippen LogP contribution is 2.12. The van der Waals surface area contributed by atoms with Crippen LogP contribution in [0.3, 0.4) is 0 Å². The van der Waals surface area contributed by atoms with Crippen molar-refractivity contribution >= 4 is 5.91 Å². The number of nitrogens with one attached hydrogen (secondary N) is 2. The van der Waals surface area contributed by atoms with Crippen LogP contribution in [0, 0.1) is 11.6 Å². The molecule has 0 aromatic heterocycles. The lowest BCUT2D eigenvalue weighted by Gasteiger charge is -2.08. The maximum Gasteiger partial charge on any atom is 0.257 e. The third-order valence-electron chi connectivity index (χ3n) is 3.21. The molecule has 0 unspecified atom stereocenters. The summed E-state index contributed by atoms with van der Waals surface area (Å²) < 4.78 is 31.2. The molecule has 0 aliphatic rings. The summed E-state index contributed by atoms with van der Waals surface area (Å²) in [5, 5.41) is 5.62. The minimum absolute atomic E-state index is 0.0236. The quantitative estimate of drug-likeness (QED) is 0.823. The Balaban J connectivity index is 1.79. The number of benzene rings is 2. The van der Waals surface area contributed by atoms with E-state index in [1.807, 2.05) is 12.1 Å². The predicted octanol–water partition coefficient (Wildman–Crippen LogP) is 2.38. The van der Waals surface area contributed by atoms with Gasteiger partial charge in [0, 0.05) is 20.1 Å². The summed E-state index contributed by atoms with van der Waals surface area (Å²) in [5.74, 6) is -1.27. The second-order valence-corrected chi connectivity index (χ2v) is 4.96. The van der Waals surface area contributed by atoms with Gasteiger partial charge in [-0.05, 0) is 35.4 Å². The summed E-state index contributed by atoms with van der Waals surface area (Å²) in [4.78, 5) is 11.1. The fraction of sp³-hybridized carbons (Fsp3) is 0.235. The van der Waals surface area contributed by atoms with Crippen LogP contribution in [-0.4, -0.2) is 19.6 Å². The molecule has 2 aromatic rings. The smallest absolute Gasteiger partial charge is 0.257 e. The van der Waals surface area contributed by atoms with Gasteiger partial charge in [0.2, 0.25) is 0 Å². The number of amides is 1. The molecule has 23 heavy (non-hydrogen) atoms. The van der Waals surface area contributed by atoms with Crippen LogP contribution in [0.15, 0.2) is 42.5 Å². The van der Waals surface area contributed by atoms with Gasteiger partial charge in [0.25, 0.3) is 5.91 Å². The molecule has 0 aliphatic heterocycles. The average Bonchev–Trinajstić information content (AvgIpc) is 2.57. The molecule has 1 amide bonds. The number of carbonyl (C=O) groups excluding carboxylic acids is 1. The number of carbonyl (C=O) groups is 1. The largest absolute Gasteiger partial charge is 0.484 e. The molecule has 2 rings (SSSR count). The van der Waals surface area contributed by atoms with Crippen LogP contribution < -0.4 is 15.4 Å². The lowest BCUT2D eigenvalue weighted by Crippen LogP contribution is -2.24. The van der Waals surface area contributed by atoms with Crippen molar-refractivity contribution in [3.05, 3.63) is 65.2 Å². The normalized spacial score (nSPS) is 10.4. The van der Waals surface area contributed by atoms with Gasteiger partial charge in [-0.25, -0.2) is 8.78 Å². The topological polar surface area (TPSA) is 50.4 Å². The number of hydrogen-bond acceptors (Lipinski definition) is 3. The Kier molecular flexibility index (Phi) is 6.05. The van der Waals surface area contributed by atoms with Crippen molar-refractivity contribution in [2.75, 3.05) is 13.7 Å². The molecule has 2 aromatic carbocycles. The molecule has 6 heteroatoms. The summed E-state index contributed by atoms with van der Waals surface area (Å²) in [6, 6.07) is 11.1. The van der Waals surface area contributed by atoms with E-state index in [1.165, 1.54) is 6.07 Å². The van der Waals surface area contributed by atoms with Gasteiger partial charge in [0.15, 0.2) is 18.2 Å². The second kappa shape index (κ2) is 8.24. The first-order chi connectivity index (χ1) is 11.1. The molecule has 0 radical (unpaired) electrons. The maximum absolute atomic E-state index is 13.1. The molecule has 0 bridgehead atoms. The Morgan fingerprint density at radius 2 is 1.65 bits per heavy atom. The minimum atomic E-state index is -0.846. The Morgan fingerprint density at radius 1 is 1.00 bits per heavy atom. The number of likely N-dealkylation sites (N-methyl/N-ethyl adjacent to an activating group) is 1. The van der Waals surface area contributed by atoms with Crippen molar-refractivity contribution in [2.24, 2.45) is 0 Å². The average molecular weight is 320 g/mol. The summed E-state index contributed by atoms with van der Waals surface area (Å²) in [6.07, 6.45) is 0. The molecule has 122 valence electrons. The fourth-order valence-electron chi connectivity index (χ4n) is 1.93. The molecular weight excluding hydrogens is 302 g/mol. The third kappa shape index (κ3) is 5.34. The van der Waals surface area contributed by atoms with Gasteiger partial charge in [0.05, 0.1) is 0 Å². The summed E-state index contributed by atoms with van der Waals surface area (Å²) in [6.45, 7) is 0.991. The summed E-state index contributed by atoms with van der Waals surface area (Å²) in [5.41, 5.74) is 1.69. The van der Waals surface area contributed by atoms with Crippen LogP contribution in [0.4, 0.5) is 8.78 Å². The molecule has 0 spiro atoms. The lowest BCUT2D eigenvalue weighted by molar-refractivity contribution is -0.122. The van der Waals surface area contributed by atoms with E-state index in [0.29, 0.717) is 24.4 Å². The van der Waals surface area contributed by atoms with Gasteiger partial charge in [-0.1, -0.05) is 18.2 Å². The summed E-state index contributed by atoms with van der Waals surface area (Å²) >= 11 is 0. The van der Waals surface area contributed by atoms with E-state index in [0.717, 1.165) is 11.6 Å². The molecule has 0 atom stereocenters. The highest BCUT2D eigenvalue weighted by atomic mass is 19.2. The zero-order valence-corrected chi connectivity index (χ0v) is 12.7. The van der Waals surface area contributed by atoms with E-state index < -0.39 is 11.6 Å². The Morgan fingerprint density at radius 3 is 2.30 bits per heavy atom. The number of halogens is 2. The lowest BCUT2D eigenvalue weighted by atomic mass is 10.2. The molecule has 0 aliphatic carbocycles.